The molecule has 0 spiro atoms. The largest absolute Gasteiger partial charge is 0.480 e. The zero-order chi connectivity index (χ0) is 40.0. The summed E-state index contributed by atoms with van der Waals surface area (Å²) < 4.78 is 0. The Kier molecular flexibility index (Phi) is 18.7. The lowest BCUT2D eigenvalue weighted by atomic mass is 10.0. The van der Waals surface area contributed by atoms with Crippen LogP contribution in [0.15, 0.2) is 0 Å². The van der Waals surface area contributed by atoms with Gasteiger partial charge in [-0.3, -0.25) is 33.6 Å². The summed E-state index contributed by atoms with van der Waals surface area (Å²) in [5.74, 6) is -7.07. The van der Waals surface area contributed by atoms with Crippen LogP contribution in [0.4, 0.5) is 0 Å². The third kappa shape index (κ3) is 14.7. The highest BCUT2D eigenvalue weighted by molar-refractivity contribution is 5.97. The van der Waals surface area contributed by atoms with Crippen molar-refractivity contribution in [3.05, 3.63) is 0 Å². The van der Waals surface area contributed by atoms with Gasteiger partial charge in [-0.2, -0.15) is 0 Å². The normalized spacial score (nSPS) is 18.4. The number of likely N-dealkylation sites (tertiary alicyclic amines) is 1. The van der Waals surface area contributed by atoms with Crippen molar-refractivity contribution in [3.8, 4) is 0 Å². The predicted octanol–water partition coefficient (Wildman–Crippen LogP) is -1.77. The van der Waals surface area contributed by atoms with Gasteiger partial charge in [0.15, 0.2) is 0 Å². The Morgan fingerprint density at radius 2 is 1.23 bits per heavy atom. The lowest BCUT2D eigenvalue weighted by Gasteiger charge is -2.31. The van der Waals surface area contributed by atoms with Crippen LogP contribution in [0.1, 0.15) is 93.9 Å². The third-order valence-corrected chi connectivity index (χ3v) is 8.52. The van der Waals surface area contributed by atoms with Gasteiger partial charge in [-0.25, -0.2) is 4.79 Å². The van der Waals surface area contributed by atoms with Crippen LogP contribution >= 0.6 is 0 Å². The van der Waals surface area contributed by atoms with E-state index in [0.29, 0.717) is 19.3 Å². The molecule has 8 atom stereocenters. The van der Waals surface area contributed by atoms with Gasteiger partial charge in [-0.1, -0.05) is 41.5 Å². The van der Waals surface area contributed by atoms with E-state index in [4.69, 9.17) is 11.5 Å². The summed E-state index contributed by atoms with van der Waals surface area (Å²) >= 11 is 0. The summed E-state index contributed by atoms with van der Waals surface area (Å²) in [7, 11) is 0. The number of amides is 7. The molecule has 11 N–H and O–H groups in total. The van der Waals surface area contributed by atoms with Gasteiger partial charge in [0, 0.05) is 13.0 Å². The molecule has 18 nitrogen and oxygen atoms in total. The van der Waals surface area contributed by atoms with E-state index in [9.17, 15) is 48.6 Å². The number of hydrogen-bond acceptors (Lipinski definition) is 10. The van der Waals surface area contributed by atoms with Crippen LogP contribution in [0.5, 0.6) is 0 Å². The smallest absolute Gasteiger partial charge is 0.326 e. The average Bonchev–Trinajstić information content (AvgIpc) is 3.52. The Balaban J connectivity index is 3.23. The molecule has 1 fully saturated rings. The van der Waals surface area contributed by atoms with Gasteiger partial charge in [0.25, 0.3) is 0 Å². The Bertz CT molecular complexity index is 1290. The maximum Gasteiger partial charge on any atom is 0.326 e. The van der Waals surface area contributed by atoms with E-state index >= 15 is 0 Å². The molecule has 0 saturated carbocycles. The molecule has 0 aromatic heterocycles. The van der Waals surface area contributed by atoms with Gasteiger partial charge in [-0.15, -0.1) is 0 Å². The minimum Gasteiger partial charge on any atom is -0.480 e. The summed E-state index contributed by atoms with van der Waals surface area (Å²) in [6.45, 7) is 13.5. The molecule has 0 unspecified atom stereocenters. The summed E-state index contributed by atoms with van der Waals surface area (Å²) in [5.41, 5.74) is 10.9. The van der Waals surface area contributed by atoms with Crippen molar-refractivity contribution in [2.75, 3.05) is 6.54 Å². The standard InChI is InChI=1S/C34H60N8O10/c1-16(2)14-22(38-31(48)24-10-9-13-42(24)33(50)23(15-17(3)4)39-28(45)19(7)35)30(47)41-27(20(8)43)32(49)37-21(11-12-25(36)44)29(46)40-26(18(5)6)34(51)52/h16-24,26-27,43H,9-15,35H2,1-8H3,(H2,36,44)(H,37,49)(H,38,48)(H,39,45)(H,40,46)(H,41,47)(H,51,52)/t19-,20+,21-,22-,23-,24-,26-,27-/m0/s1. The molecule has 0 aliphatic carbocycles. The highest BCUT2D eigenvalue weighted by Gasteiger charge is 2.40. The molecule has 1 aliphatic rings. The number of carbonyl (C=O) groups is 8. The Morgan fingerprint density at radius 3 is 1.71 bits per heavy atom. The number of nitrogens with two attached hydrogens (primary N) is 2. The summed E-state index contributed by atoms with van der Waals surface area (Å²) in [6, 6.07) is -8.32. The van der Waals surface area contributed by atoms with E-state index in [1.807, 2.05) is 13.8 Å². The number of primary amides is 1. The molecule has 52 heavy (non-hydrogen) atoms. The topological polar surface area (TPSA) is 292 Å². The molecule has 1 heterocycles. The van der Waals surface area contributed by atoms with Gasteiger partial charge in [0.1, 0.15) is 36.3 Å². The number of rotatable bonds is 21. The van der Waals surface area contributed by atoms with Crippen molar-refractivity contribution in [1.29, 1.82) is 0 Å². The molecule has 1 saturated heterocycles. The lowest BCUT2D eigenvalue weighted by Crippen LogP contribution is -2.61. The molecular weight excluding hydrogens is 680 g/mol. The maximum absolute atomic E-state index is 13.7. The molecule has 1 aliphatic heterocycles. The highest BCUT2D eigenvalue weighted by atomic mass is 16.4. The monoisotopic (exact) mass is 740 g/mol. The molecule has 1 rings (SSSR count). The highest BCUT2D eigenvalue weighted by Crippen LogP contribution is 2.21. The molecular formula is C34H60N8O10. The van der Waals surface area contributed by atoms with Crippen LogP contribution in [0.3, 0.4) is 0 Å². The van der Waals surface area contributed by atoms with E-state index in [1.54, 1.807) is 27.7 Å². The molecule has 296 valence electrons. The lowest BCUT2D eigenvalue weighted by molar-refractivity contribution is -0.144. The first-order valence-electron chi connectivity index (χ1n) is 17.8. The van der Waals surface area contributed by atoms with Crippen LogP contribution in [-0.2, 0) is 38.4 Å². The number of aliphatic carboxylic acids is 1. The zero-order valence-electron chi connectivity index (χ0n) is 31.6. The van der Waals surface area contributed by atoms with Crippen molar-refractivity contribution < 1.29 is 48.6 Å². The maximum atomic E-state index is 13.7. The summed E-state index contributed by atoms with van der Waals surface area (Å²) in [4.78, 5) is 104. The number of nitrogens with zero attached hydrogens (tertiary/aromatic N) is 1. The van der Waals surface area contributed by atoms with Gasteiger partial charge in [-0.05, 0) is 63.7 Å². The van der Waals surface area contributed by atoms with Gasteiger partial charge >= 0.3 is 5.97 Å². The van der Waals surface area contributed by atoms with Gasteiger partial charge in [0.05, 0.1) is 12.1 Å². The quantitative estimate of drug-likeness (QED) is 0.0634. The second-order valence-corrected chi connectivity index (χ2v) is 14.7. The number of carboxylic acid groups (broad SMARTS) is 1. The molecule has 18 heteroatoms. The van der Waals surface area contributed by atoms with Crippen molar-refractivity contribution >= 4 is 47.3 Å². The fourth-order valence-electron chi connectivity index (χ4n) is 5.71. The van der Waals surface area contributed by atoms with E-state index in [-0.39, 0.29) is 37.6 Å². The summed E-state index contributed by atoms with van der Waals surface area (Å²) in [5, 5.41) is 32.5. The molecule has 0 aromatic rings. The predicted molar refractivity (Wildman–Crippen MR) is 190 cm³/mol. The van der Waals surface area contributed by atoms with E-state index in [2.05, 4.69) is 26.6 Å². The Labute approximate surface area is 305 Å². The second kappa shape index (κ2) is 21.3. The van der Waals surface area contributed by atoms with Crippen molar-refractivity contribution in [3.63, 3.8) is 0 Å². The SMILES string of the molecule is CC(C)C[C@H](NC(=O)[C@@H]1CCCN1C(=O)[C@H](CC(C)C)NC(=O)[C@H](C)N)C(=O)N[C@H](C(=O)N[C@@H](CCC(N)=O)C(=O)N[C@H](C(=O)O)C(C)C)[C@@H](C)O. The molecule has 0 bridgehead atoms. The Hall–Kier alpha value is -4.32. The minimum atomic E-state index is -1.64. The van der Waals surface area contributed by atoms with Gasteiger partial charge < -0.3 is 53.2 Å². The van der Waals surface area contributed by atoms with Crippen LogP contribution in [0.2, 0.25) is 0 Å². The number of hydrogen-bond donors (Lipinski definition) is 9. The zero-order valence-corrected chi connectivity index (χ0v) is 31.6. The summed E-state index contributed by atoms with van der Waals surface area (Å²) in [6.07, 6.45) is -0.921. The number of aliphatic hydroxyl groups excluding tert-OH is 1. The van der Waals surface area contributed by atoms with Crippen molar-refractivity contribution in [2.24, 2.45) is 29.2 Å². The number of aliphatic hydroxyl groups is 1. The van der Waals surface area contributed by atoms with Crippen molar-refractivity contribution in [1.82, 2.24) is 31.5 Å². The van der Waals surface area contributed by atoms with Crippen LogP contribution in [-0.4, -0.2) is 117 Å². The fraction of sp³-hybridized carbons (Fsp3) is 0.765. The van der Waals surface area contributed by atoms with Crippen LogP contribution < -0.4 is 38.1 Å². The average molecular weight is 741 g/mol. The Morgan fingerprint density at radius 1 is 0.712 bits per heavy atom. The first-order valence-corrected chi connectivity index (χ1v) is 17.8. The molecule has 7 amide bonds. The third-order valence-electron chi connectivity index (χ3n) is 8.52. The van der Waals surface area contributed by atoms with Crippen molar-refractivity contribution in [2.45, 2.75) is 142 Å². The van der Waals surface area contributed by atoms with E-state index < -0.39 is 102 Å². The van der Waals surface area contributed by atoms with Gasteiger partial charge in [0.2, 0.25) is 41.4 Å². The van der Waals surface area contributed by atoms with E-state index in [0.717, 1.165) is 0 Å². The second-order valence-electron chi connectivity index (χ2n) is 14.7. The number of carboxylic acids is 1. The number of nitrogens with one attached hydrogen (secondary N) is 5. The first-order chi connectivity index (χ1) is 24.1. The fourth-order valence-corrected chi connectivity index (χ4v) is 5.71. The minimum absolute atomic E-state index is 0.0323. The molecule has 0 aromatic carbocycles. The number of carbonyl (C=O) groups excluding carboxylic acids is 7. The van der Waals surface area contributed by atoms with Crippen LogP contribution in [0, 0.1) is 17.8 Å². The molecule has 0 radical (unpaired) electrons. The van der Waals surface area contributed by atoms with E-state index in [1.165, 1.54) is 18.7 Å². The first kappa shape index (κ1) is 45.7. The van der Waals surface area contributed by atoms with Crippen LogP contribution in [0.25, 0.3) is 0 Å².